The summed E-state index contributed by atoms with van der Waals surface area (Å²) in [4.78, 5) is 11.8. The maximum absolute atomic E-state index is 11.8. The van der Waals surface area contributed by atoms with Crippen molar-refractivity contribution in [1.82, 2.24) is 0 Å². The Morgan fingerprint density at radius 3 is 2.39 bits per heavy atom. The number of ether oxygens (including phenoxy) is 3. The number of esters is 1. The Hall–Kier alpha value is -2.41. The molecule has 1 N–H and O–H groups in total. The normalized spacial score (nSPS) is 10.6. The fourth-order valence-electron chi connectivity index (χ4n) is 3.06. The molecule has 5 nitrogen and oxygen atoms in total. The lowest BCUT2D eigenvalue weighted by molar-refractivity contribution is 0.0526. The molecule has 0 amide bonds. The Morgan fingerprint density at radius 1 is 0.970 bits per heavy atom. The van der Waals surface area contributed by atoms with E-state index in [9.17, 15) is 4.79 Å². The van der Waals surface area contributed by atoms with Gasteiger partial charge in [-0.3, -0.25) is 0 Å². The van der Waals surface area contributed by atoms with E-state index < -0.39 is 0 Å². The third kappa shape index (κ3) is 7.03. The van der Waals surface area contributed by atoms with Crippen LogP contribution in [0.15, 0.2) is 59.1 Å². The highest BCUT2D eigenvalue weighted by atomic mass is 79.9. The van der Waals surface area contributed by atoms with Crippen molar-refractivity contribution in [1.29, 1.82) is 0 Å². The molecule has 0 fully saturated rings. The number of anilines is 1. The van der Waals surface area contributed by atoms with Crippen molar-refractivity contribution in [2.24, 2.45) is 0 Å². The van der Waals surface area contributed by atoms with Crippen molar-refractivity contribution < 1.29 is 19.0 Å². The van der Waals surface area contributed by atoms with Gasteiger partial charge in [0.2, 0.25) is 0 Å². The van der Waals surface area contributed by atoms with Gasteiger partial charge in [-0.05, 0) is 83.9 Å². The molecule has 0 spiro atoms. The maximum atomic E-state index is 11.8. The zero-order chi connectivity index (χ0) is 23.8. The van der Waals surface area contributed by atoms with E-state index in [4.69, 9.17) is 37.4 Å². The quantitative estimate of drug-likeness (QED) is 0.263. The van der Waals surface area contributed by atoms with Gasteiger partial charge in [0.05, 0.1) is 23.2 Å². The molecule has 0 aliphatic rings. The summed E-state index contributed by atoms with van der Waals surface area (Å²) in [5.74, 6) is 0.904. The lowest BCUT2D eigenvalue weighted by Gasteiger charge is -2.16. The summed E-state index contributed by atoms with van der Waals surface area (Å²) in [5.41, 5.74) is 3.23. The topological polar surface area (TPSA) is 56.8 Å². The van der Waals surface area contributed by atoms with Crippen LogP contribution in [0.5, 0.6) is 11.5 Å². The van der Waals surface area contributed by atoms with E-state index in [1.54, 1.807) is 31.2 Å². The zero-order valence-electron chi connectivity index (χ0n) is 18.3. The monoisotopic (exact) mass is 551 g/mol. The SMILES string of the molecule is CCOC(=O)c1ccc(NCc2cc(Br)c(OCc3ccc(Cl)cc3Cl)c(OCC)c2)cc1. The molecule has 0 saturated carbocycles. The number of carbonyl (C=O) groups is 1. The number of rotatable bonds is 10. The van der Waals surface area contributed by atoms with Crippen molar-refractivity contribution >= 4 is 50.8 Å². The molecule has 33 heavy (non-hydrogen) atoms. The van der Waals surface area contributed by atoms with Gasteiger partial charge in [0.15, 0.2) is 11.5 Å². The highest BCUT2D eigenvalue weighted by Gasteiger charge is 2.14. The van der Waals surface area contributed by atoms with E-state index in [0.29, 0.717) is 46.9 Å². The first-order valence-electron chi connectivity index (χ1n) is 10.4. The smallest absolute Gasteiger partial charge is 0.338 e. The minimum absolute atomic E-state index is 0.277. The molecule has 0 atom stereocenters. The summed E-state index contributed by atoms with van der Waals surface area (Å²) in [6.07, 6.45) is 0. The molecule has 3 aromatic rings. The number of carbonyl (C=O) groups excluding carboxylic acids is 1. The second kappa shape index (κ2) is 12.2. The van der Waals surface area contributed by atoms with Gasteiger partial charge in [-0.1, -0.05) is 29.3 Å². The Labute approximate surface area is 212 Å². The van der Waals surface area contributed by atoms with Crippen molar-refractivity contribution in [3.63, 3.8) is 0 Å². The minimum Gasteiger partial charge on any atom is -0.490 e. The Bertz CT molecular complexity index is 1110. The van der Waals surface area contributed by atoms with E-state index in [-0.39, 0.29) is 12.6 Å². The average Bonchev–Trinajstić information content (AvgIpc) is 2.79. The second-order valence-electron chi connectivity index (χ2n) is 7.01. The van der Waals surface area contributed by atoms with Gasteiger partial charge in [0, 0.05) is 27.8 Å². The molecule has 8 heteroatoms. The molecule has 0 aliphatic heterocycles. The molecule has 0 aromatic heterocycles. The van der Waals surface area contributed by atoms with E-state index in [1.165, 1.54) is 0 Å². The van der Waals surface area contributed by atoms with E-state index in [0.717, 1.165) is 21.3 Å². The number of halogens is 3. The largest absolute Gasteiger partial charge is 0.490 e. The van der Waals surface area contributed by atoms with Crippen LogP contribution in [-0.2, 0) is 17.9 Å². The van der Waals surface area contributed by atoms with Gasteiger partial charge in [0.25, 0.3) is 0 Å². The summed E-state index contributed by atoms with van der Waals surface area (Å²) in [7, 11) is 0. The minimum atomic E-state index is -0.329. The van der Waals surface area contributed by atoms with Crippen molar-refractivity contribution in [3.8, 4) is 11.5 Å². The zero-order valence-corrected chi connectivity index (χ0v) is 21.4. The van der Waals surface area contributed by atoms with Gasteiger partial charge in [-0.25, -0.2) is 4.79 Å². The summed E-state index contributed by atoms with van der Waals surface area (Å²) in [6.45, 7) is 5.38. The van der Waals surface area contributed by atoms with Crippen LogP contribution in [0.2, 0.25) is 10.0 Å². The van der Waals surface area contributed by atoms with Gasteiger partial charge in [-0.15, -0.1) is 0 Å². The van der Waals surface area contributed by atoms with Gasteiger partial charge in [-0.2, -0.15) is 0 Å². The fourth-order valence-corrected chi connectivity index (χ4v) is 4.12. The van der Waals surface area contributed by atoms with Crippen LogP contribution in [0.25, 0.3) is 0 Å². The van der Waals surface area contributed by atoms with Crippen molar-refractivity contribution in [2.75, 3.05) is 18.5 Å². The van der Waals surface area contributed by atoms with Crippen LogP contribution < -0.4 is 14.8 Å². The van der Waals surface area contributed by atoms with Crippen LogP contribution in [0, 0.1) is 0 Å². The molecule has 3 rings (SSSR count). The molecule has 0 aliphatic carbocycles. The third-order valence-corrected chi connectivity index (χ3v) is 5.82. The van der Waals surface area contributed by atoms with Crippen LogP contribution in [0.4, 0.5) is 5.69 Å². The van der Waals surface area contributed by atoms with Crippen molar-refractivity contribution in [2.45, 2.75) is 27.0 Å². The van der Waals surface area contributed by atoms with E-state index in [1.807, 2.05) is 37.3 Å². The predicted molar refractivity (Wildman–Crippen MR) is 136 cm³/mol. The van der Waals surface area contributed by atoms with Crippen LogP contribution in [0.3, 0.4) is 0 Å². The molecule has 174 valence electrons. The number of hydrogen-bond donors (Lipinski definition) is 1. The molecule has 3 aromatic carbocycles. The Balaban J connectivity index is 1.70. The summed E-state index contributed by atoms with van der Waals surface area (Å²) < 4.78 is 17.6. The molecule has 0 heterocycles. The van der Waals surface area contributed by atoms with E-state index in [2.05, 4.69) is 21.2 Å². The predicted octanol–water partition coefficient (Wildman–Crippen LogP) is 7.52. The van der Waals surface area contributed by atoms with E-state index >= 15 is 0 Å². The molecular weight excluding hydrogens is 529 g/mol. The molecule has 0 radical (unpaired) electrons. The summed E-state index contributed by atoms with van der Waals surface area (Å²) >= 11 is 15.8. The van der Waals surface area contributed by atoms with Crippen molar-refractivity contribution in [3.05, 3.63) is 85.8 Å². The van der Waals surface area contributed by atoms with Crippen LogP contribution in [-0.4, -0.2) is 19.2 Å². The first-order valence-corrected chi connectivity index (χ1v) is 12.0. The second-order valence-corrected chi connectivity index (χ2v) is 8.71. The average molecular weight is 553 g/mol. The lowest BCUT2D eigenvalue weighted by Crippen LogP contribution is -2.06. The third-order valence-electron chi connectivity index (χ3n) is 4.65. The number of nitrogens with one attached hydrogen (secondary N) is 1. The lowest BCUT2D eigenvalue weighted by atomic mass is 10.1. The highest BCUT2D eigenvalue weighted by molar-refractivity contribution is 9.10. The highest BCUT2D eigenvalue weighted by Crippen LogP contribution is 2.38. The number of benzene rings is 3. The summed E-state index contributed by atoms with van der Waals surface area (Å²) in [6, 6.07) is 16.4. The standard InChI is InChI=1S/C25H24BrCl2NO4/c1-3-31-23-12-16(14-29-20-9-6-17(7-10-20)25(30)32-4-2)11-21(26)24(23)33-15-18-5-8-19(27)13-22(18)28/h5-13,29H,3-4,14-15H2,1-2H3. The fraction of sp³-hybridized carbons (Fsp3) is 0.240. The summed E-state index contributed by atoms with van der Waals surface area (Å²) in [5, 5.41) is 4.47. The van der Waals surface area contributed by atoms with Crippen LogP contribution in [0.1, 0.15) is 35.3 Å². The first-order chi connectivity index (χ1) is 15.9. The Kier molecular flexibility index (Phi) is 9.30. The number of hydrogen-bond acceptors (Lipinski definition) is 5. The van der Waals surface area contributed by atoms with Crippen LogP contribution >= 0.6 is 39.1 Å². The Morgan fingerprint density at radius 2 is 1.73 bits per heavy atom. The molecule has 0 saturated heterocycles. The molecule has 0 unspecified atom stereocenters. The van der Waals surface area contributed by atoms with Gasteiger partial charge >= 0.3 is 5.97 Å². The molecular formula is C25H24BrCl2NO4. The maximum Gasteiger partial charge on any atom is 0.338 e. The molecule has 0 bridgehead atoms. The van der Waals surface area contributed by atoms with Gasteiger partial charge in [0.1, 0.15) is 6.61 Å². The first kappa shape index (κ1) is 25.2. The van der Waals surface area contributed by atoms with Gasteiger partial charge < -0.3 is 19.5 Å².